The van der Waals surface area contributed by atoms with Crippen LogP contribution in [0.4, 0.5) is 0 Å². The number of hydrogen-bond donors (Lipinski definition) is 1. The highest BCUT2D eigenvalue weighted by molar-refractivity contribution is 7.98. The lowest BCUT2D eigenvalue weighted by Gasteiger charge is -2.13. The number of amides is 1. The first-order valence-corrected chi connectivity index (χ1v) is 9.53. The van der Waals surface area contributed by atoms with Crippen molar-refractivity contribution in [2.24, 2.45) is 7.05 Å². The largest absolute Gasteiger partial charge is 0.342 e. The van der Waals surface area contributed by atoms with Crippen molar-refractivity contribution in [3.05, 3.63) is 76.6 Å². The van der Waals surface area contributed by atoms with Gasteiger partial charge in [-0.2, -0.15) is 0 Å². The summed E-state index contributed by atoms with van der Waals surface area (Å²) in [6.07, 6.45) is 0. The third-order valence-electron chi connectivity index (χ3n) is 3.92. The molecule has 1 atom stereocenters. The first-order valence-electron chi connectivity index (χ1n) is 8.17. The molecule has 3 aromatic rings. The molecule has 0 saturated carbocycles. The minimum absolute atomic E-state index is 0.128. The number of thioether (sulfide) groups is 1. The topological polar surface area (TPSA) is 59.8 Å². The molecular formula is C19H19ClN4OS. The summed E-state index contributed by atoms with van der Waals surface area (Å²) in [6.45, 7) is 1.90. The fourth-order valence-electron chi connectivity index (χ4n) is 2.49. The van der Waals surface area contributed by atoms with Crippen molar-refractivity contribution in [3.8, 4) is 0 Å². The van der Waals surface area contributed by atoms with E-state index < -0.39 is 0 Å². The van der Waals surface area contributed by atoms with E-state index in [1.54, 1.807) is 23.9 Å². The summed E-state index contributed by atoms with van der Waals surface area (Å²) in [6, 6.07) is 16.6. The maximum atomic E-state index is 12.3. The van der Waals surface area contributed by atoms with Gasteiger partial charge in [-0.3, -0.25) is 4.79 Å². The predicted molar refractivity (Wildman–Crippen MR) is 104 cm³/mol. The second-order valence-corrected chi connectivity index (χ2v) is 7.26. The van der Waals surface area contributed by atoms with E-state index in [1.807, 2.05) is 61.0 Å². The van der Waals surface area contributed by atoms with Gasteiger partial charge in [-0.1, -0.05) is 53.7 Å². The Balaban J connectivity index is 1.64. The minimum atomic E-state index is -0.245. The van der Waals surface area contributed by atoms with E-state index in [-0.39, 0.29) is 11.9 Å². The van der Waals surface area contributed by atoms with Gasteiger partial charge in [-0.05, 0) is 36.8 Å². The predicted octanol–water partition coefficient (Wildman–Crippen LogP) is 4.25. The van der Waals surface area contributed by atoms with Crippen LogP contribution in [0.1, 0.15) is 34.7 Å². The molecule has 3 rings (SSSR count). The molecule has 0 aliphatic rings. The van der Waals surface area contributed by atoms with Gasteiger partial charge in [0.2, 0.25) is 0 Å². The van der Waals surface area contributed by atoms with Gasteiger partial charge in [0.15, 0.2) is 11.0 Å². The number of halogens is 1. The zero-order chi connectivity index (χ0) is 18.5. The number of benzene rings is 2. The van der Waals surface area contributed by atoms with Gasteiger partial charge in [0.1, 0.15) is 0 Å². The molecule has 0 aliphatic carbocycles. The van der Waals surface area contributed by atoms with Gasteiger partial charge in [0.25, 0.3) is 5.91 Å². The van der Waals surface area contributed by atoms with E-state index in [4.69, 9.17) is 11.6 Å². The van der Waals surface area contributed by atoms with Crippen molar-refractivity contribution >= 4 is 29.3 Å². The van der Waals surface area contributed by atoms with Crippen LogP contribution < -0.4 is 5.32 Å². The highest BCUT2D eigenvalue weighted by Crippen LogP contribution is 2.23. The van der Waals surface area contributed by atoms with Crippen molar-refractivity contribution in [2.75, 3.05) is 0 Å². The van der Waals surface area contributed by atoms with Gasteiger partial charge in [0, 0.05) is 23.4 Å². The Morgan fingerprint density at radius 3 is 2.54 bits per heavy atom. The normalized spacial score (nSPS) is 12.0. The lowest BCUT2D eigenvalue weighted by atomic mass is 10.2. The molecule has 134 valence electrons. The molecule has 1 aromatic heterocycles. The molecule has 0 saturated heterocycles. The maximum absolute atomic E-state index is 12.3. The van der Waals surface area contributed by atoms with Crippen LogP contribution in [0.2, 0.25) is 5.02 Å². The molecule has 1 N–H and O–H groups in total. The Morgan fingerprint density at radius 2 is 1.85 bits per heavy atom. The molecule has 0 aliphatic heterocycles. The van der Waals surface area contributed by atoms with E-state index in [1.165, 1.54) is 0 Å². The molecule has 0 bridgehead atoms. The van der Waals surface area contributed by atoms with Crippen LogP contribution in [0.25, 0.3) is 0 Å². The fourth-order valence-corrected chi connectivity index (χ4v) is 3.49. The summed E-state index contributed by atoms with van der Waals surface area (Å²) in [5, 5.41) is 13.0. The van der Waals surface area contributed by atoms with Gasteiger partial charge < -0.3 is 9.88 Å². The molecule has 0 unspecified atom stereocenters. The molecule has 0 radical (unpaired) electrons. The van der Waals surface area contributed by atoms with Crippen LogP contribution in [-0.2, 0) is 12.8 Å². The Kier molecular flexibility index (Phi) is 5.96. The smallest absolute Gasteiger partial charge is 0.251 e. The fraction of sp³-hybridized carbons (Fsp3) is 0.211. The van der Waals surface area contributed by atoms with E-state index in [0.29, 0.717) is 11.4 Å². The third kappa shape index (κ3) is 4.45. The Morgan fingerprint density at radius 1 is 1.15 bits per heavy atom. The molecule has 7 heteroatoms. The number of nitrogens with one attached hydrogen (secondary N) is 1. The van der Waals surface area contributed by atoms with Crippen molar-refractivity contribution in [1.82, 2.24) is 20.1 Å². The zero-order valence-corrected chi connectivity index (χ0v) is 16.1. The monoisotopic (exact) mass is 386 g/mol. The van der Waals surface area contributed by atoms with Crippen molar-refractivity contribution in [2.45, 2.75) is 23.9 Å². The Bertz CT molecular complexity index is 880. The summed E-state index contributed by atoms with van der Waals surface area (Å²) in [5.74, 6) is 1.36. The molecule has 1 heterocycles. The second kappa shape index (κ2) is 8.38. The molecule has 1 amide bonds. The van der Waals surface area contributed by atoms with E-state index in [9.17, 15) is 4.79 Å². The summed E-state index contributed by atoms with van der Waals surface area (Å²) in [4.78, 5) is 12.3. The number of carbonyl (C=O) groups is 1. The molecule has 26 heavy (non-hydrogen) atoms. The first kappa shape index (κ1) is 18.5. The summed E-state index contributed by atoms with van der Waals surface area (Å²) < 4.78 is 1.91. The van der Waals surface area contributed by atoms with Crippen LogP contribution in [-0.4, -0.2) is 20.7 Å². The van der Waals surface area contributed by atoms with E-state index >= 15 is 0 Å². The minimum Gasteiger partial charge on any atom is -0.342 e. The van der Waals surface area contributed by atoms with E-state index in [2.05, 4.69) is 15.5 Å². The molecule has 2 aromatic carbocycles. The molecule has 0 fully saturated rings. The molecule has 5 nitrogen and oxygen atoms in total. The SMILES string of the molecule is C[C@H](NC(=O)c1ccccc1)c1nnc(SCc2ccc(Cl)cc2)n1C. The summed E-state index contributed by atoms with van der Waals surface area (Å²) in [5.41, 5.74) is 1.79. The van der Waals surface area contributed by atoms with Crippen LogP contribution in [0.5, 0.6) is 0 Å². The molecule has 0 spiro atoms. The number of nitrogens with zero attached hydrogens (tertiary/aromatic N) is 3. The Hall–Kier alpha value is -2.31. The Labute approximate surface area is 161 Å². The van der Waals surface area contributed by atoms with Crippen molar-refractivity contribution in [1.29, 1.82) is 0 Å². The van der Waals surface area contributed by atoms with Gasteiger partial charge in [-0.25, -0.2) is 0 Å². The quantitative estimate of drug-likeness (QED) is 0.643. The van der Waals surface area contributed by atoms with Crippen LogP contribution in [0.3, 0.4) is 0 Å². The standard InChI is InChI=1S/C19H19ClN4OS/c1-13(21-18(25)15-6-4-3-5-7-15)17-22-23-19(24(17)2)26-12-14-8-10-16(20)11-9-14/h3-11,13H,12H2,1-2H3,(H,21,25)/t13-/m0/s1. The average molecular weight is 387 g/mol. The summed E-state index contributed by atoms with van der Waals surface area (Å²) in [7, 11) is 1.91. The zero-order valence-electron chi connectivity index (χ0n) is 14.5. The van der Waals surface area contributed by atoms with Crippen molar-refractivity contribution in [3.63, 3.8) is 0 Å². The lowest BCUT2D eigenvalue weighted by Crippen LogP contribution is -2.28. The maximum Gasteiger partial charge on any atom is 0.251 e. The van der Waals surface area contributed by atoms with Crippen LogP contribution in [0, 0.1) is 0 Å². The number of hydrogen-bond acceptors (Lipinski definition) is 4. The summed E-state index contributed by atoms with van der Waals surface area (Å²) >= 11 is 7.50. The number of aromatic nitrogens is 3. The van der Waals surface area contributed by atoms with Crippen LogP contribution >= 0.6 is 23.4 Å². The van der Waals surface area contributed by atoms with Crippen molar-refractivity contribution < 1.29 is 4.79 Å². The number of rotatable bonds is 6. The van der Waals surface area contributed by atoms with Gasteiger partial charge in [-0.15, -0.1) is 10.2 Å². The first-order chi connectivity index (χ1) is 12.5. The third-order valence-corrected chi connectivity index (χ3v) is 5.26. The molecular weight excluding hydrogens is 368 g/mol. The highest BCUT2D eigenvalue weighted by Gasteiger charge is 2.18. The number of carbonyl (C=O) groups excluding carboxylic acids is 1. The van der Waals surface area contributed by atoms with Gasteiger partial charge in [0.05, 0.1) is 6.04 Å². The lowest BCUT2D eigenvalue weighted by molar-refractivity contribution is 0.0937. The highest BCUT2D eigenvalue weighted by atomic mass is 35.5. The van der Waals surface area contributed by atoms with E-state index in [0.717, 1.165) is 21.5 Å². The van der Waals surface area contributed by atoms with Crippen LogP contribution in [0.15, 0.2) is 59.8 Å². The average Bonchev–Trinajstić information content (AvgIpc) is 3.02. The van der Waals surface area contributed by atoms with Gasteiger partial charge >= 0.3 is 0 Å². The second-order valence-electron chi connectivity index (χ2n) is 5.88.